The number of benzene rings is 1. The molecule has 23 heavy (non-hydrogen) atoms. The Bertz CT molecular complexity index is 855. The van der Waals surface area contributed by atoms with Crippen molar-refractivity contribution in [1.29, 1.82) is 0 Å². The minimum atomic E-state index is -0.120. The van der Waals surface area contributed by atoms with Crippen LogP contribution < -0.4 is 5.32 Å². The SMILES string of the molecule is Cc1cc(C)n([C@H](C)CNC(=O)c2ccc3nccnc3c2)n1. The van der Waals surface area contributed by atoms with Crippen molar-refractivity contribution in [3.8, 4) is 0 Å². The standard InChI is InChI=1S/C17H19N5O/c1-11-8-12(2)22(21-11)13(3)10-20-17(23)14-4-5-15-16(9-14)19-7-6-18-15/h4-9,13H,10H2,1-3H3,(H,20,23)/t13-/m1/s1. The highest BCUT2D eigenvalue weighted by molar-refractivity contribution is 5.97. The van der Waals surface area contributed by atoms with Crippen LogP contribution in [0.15, 0.2) is 36.7 Å². The fourth-order valence-corrected chi connectivity index (χ4v) is 2.63. The first kappa shape index (κ1) is 15.1. The predicted molar refractivity (Wildman–Crippen MR) is 88.3 cm³/mol. The molecule has 2 heterocycles. The van der Waals surface area contributed by atoms with Gasteiger partial charge in [-0.3, -0.25) is 19.4 Å². The second kappa shape index (κ2) is 6.16. The maximum absolute atomic E-state index is 12.3. The Labute approximate surface area is 134 Å². The zero-order chi connectivity index (χ0) is 16.4. The van der Waals surface area contributed by atoms with Gasteiger partial charge in [-0.2, -0.15) is 5.10 Å². The number of fused-ring (bicyclic) bond motifs is 1. The average Bonchev–Trinajstić information content (AvgIpc) is 2.90. The van der Waals surface area contributed by atoms with E-state index in [0.717, 1.165) is 16.9 Å². The quantitative estimate of drug-likeness (QED) is 0.803. The average molecular weight is 309 g/mol. The molecule has 1 amide bonds. The maximum atomic E-state index is 12.3. The number of aromatic nitrogens is 4. The van der Waals surface area contributed by atoms with Gasteiger partial charge in [-0.15, -0.1) is 0 Å². The second-order valence-corrected chi connectivity index (χ2v) is 5.69. The number of carbonyl (C=O) groups excluding carboxylic acids is 1. The molecule has 0 bridgehead atoms. The van der Waals surface area contributed by atoms with Crippen LogP contribution in [-0.4, -0.2) is 32.2 Å². The van der Waals surface area contributed by atoms with Gasteiger partial charge in [0.1, 0.15) is 0 Å². The van der Waals surface area contributed by atoms with Crippen molar-refractivity contribution < 1.29 is 4.79 Å². The lowest BCUT2D eigenvalue weighted by molar-refractivity contribution is 0.0948. The van der Waals surface area contributed by atoms with Crippen LogP contribution in [0.4, 0.5) is 0 Å². The van der Waals surface area contributed by atoms with Crippen LogP contribution >= 0.6 is 0 Å². The number of nitrogens with zero attached hydrogens (tertiary/aromatic N) is 4. The molecule has 6 nitrogen and oxygen atoms in total. The lowest BCUT2D eigenvalue weighted by Gasteiger charge is -2.15. The van der Waals surface area contributed by atoms with Gasteiger partial charge in [-0.1, -0.05) is 0 Å². The summed E-state index contributed by atoms with van der Waals surface area (Å²) in [5.74, 6) is -0.120. The van der Waals surface area contributed by atoms with E-state index < -0.39 is 0 Å². The van der Waals surface area contributed by atoms with Crippen LogP contribution in [-0.2, 0) is 0 Å². The summed E-state index contributed by atoms with van der Waals surface area (Å²) >= 11 is 0. The van der Waals surface area contributed by atoms with Crippen molar-refractivity contribution in [1.82, 2.24) is 25.1 Å². The molecule has 0 fully saturated rings. The van der Waals surface area contributed by atoms with E-state index in [-0.39, 0.29) is 11.9 Å². The van der Waals surface area contributed by atoms with E-state index in [1.54, 1.807) is 24.5 Å². The second-order valence-electron chi connectivity index (χ2n) is 5.69. The number of carbonyl (C=O) groups is 1. The number of nitrogens with one attached hydrogen (secondary N) is 1. The highest BCUT2D eigenvalue weighted by Gasteiger charge is 2.12. The van der Waals surface area contributed by atoms with Gasteiger partial charge in [0, 0.05) is 30.2 Å². The molecule has 0 aliphatic carbocycles. The third-order valence-corrected chi connectivity index (χ3v) is 3.75. The van der Waals surface area contributed by atoms with Gasteiger partial charge >= 0.3 is 0 Å². The zero-order valence-corrected chi connectivity index (χ0v) is 13.4. The fraction of sp³-hybridized carbons (Fsp3) is 0.294. The van der Waals surface area contributed by atoms with Crippen molar-refractivity contribution in [3.63, 3.8) is 0 Å². The summed E-state index contributed by atoms with van der Waals surface area (Å²) in [6.07, 6.45) is 3.26. The van der Waals surface area contributed by atoms with Crippen LogP contribution in [0.2, 0.25) is 0 Å². The minimum absolute atomic E-state index is 0.0906. The predicted octanol–water partition coefficient (Wildman–Crippen LogP) is 2.43. The van der Waals surface area contributed by atoms with Crippen molar-refractivity contribution in [3.05, 3.63) is 53.6 Å². The van der Waals surface area contributed by atoms with Crippen LogP contribution in [0.5, 0.6) is 0 Å². The molecule has 1 aromatic carbocycles. The van der Waals surface area contributed by atoms with E-state index in [1.807, 2.05) is 37.6 Å². The Morgan fingerprint density at radius 2 is 1.91 bits per heavy atom. The zero-order valence-electron chi connectivity index (χ0n) is 13.4. The minimum Gasteiger partial charge on any atom is -0.350 e. The van der Waals surface area contributed by atoms with Gasteiger partial charge in [0.25, 0.3) is 5.91 Å². The summed E-state index contributed by atoms with van der Waals surface area (Å²) in [6, 6.07) is 7.45. The van der Waals surface area contributed by atoms with E-state index in [0.29, 0.717) is 17.6 Å². The molecular formula is C17H19N5O. The van der Waals surface area contributed by atoms with Crippen molar-refractivity contribution in [2.24, 2.45) is 0 Å². The molecular weight excluding hydrogens is 290 g/mol. The first-order valence-electron chi connectivity index (χ1n) is 7.56. The molecule has 0 spiro atoms. The van der Waals surface area contributed by atoms with Crippen molar-refractivity contribution >= 4 is 16.9 Å². The maximum Gasteiger partial charge on any atom is 0.251 e. The molecule has 0 saturated heterocycles. The molecule has 0 radical (unpaired) electrons. The largest absolute Gasteiger partial charge is 0.350 e. The summed E-state index contributed by atoms with van der Waals surface area (Å²) in [5.41, 5.74) is 4.14. The lowest BCUT2D eigenvalue weighted by atomic mass is 10.1. The van der Waals surface area contributed by atoms with Gasteiger partial charge in [-0.05, 0) is 45.0 Å². The summed E-state index contributed by atoms with van der Waals surface area (Å²) in [5, 5.41) is 7.40. The van der Waals surface area contributed by atoms with Gasteiger partial charge in [0.15, 0.2) is 0 Å². The number of rotatable bonds is 4. The van der Waals surface area contributed by atoms with Gasteiger partial charge in [0.2, 0.25) is 0 Å². The summed E-state index contributed by atoms with van der Waals surface area (Å²) in [6.45, 7) is 6.52. The number of hydrogen-bond donors (Lipinski definition) is 1. The van der Waals surface area contributed by atoms with E-state index in [2.05, 4.69) is 20.4 Å². The van der Waals surface area contributed by atoms with E-state index in [1.165, 1.54) is 0 Å². The number of aryl methyl sites for hydroxylation is 2. The first-order chi connectivity index (χ1) is 11.0. The van der Waals surface area contributed by atoms with E-state index in [4.69, 9.17) is 0 Å². The topological polar surface area (TPSA) is 72.7 Å². The Morgan fingerprint density at radius 1 is 1.17 bits per heavy atom. The van der Waals surface area contributed by atoms with Gasteiger partial charge < -0.3 is 5.32 Å². The molecule has 3 aromatic rings. The molecule has 1 N–H and O–H groups in total. The smallest absolute Gasteiger partial charge is 0.251 e. The van der Waals surface area contributed by atoms with Crippen LogP contribution in [0.3, 0.4) is 0 Å². The molecule has 0 saturated carbocycles. The van der Waals surface area contributed by atoms with Crippen LogP contribution in [0.1, 0.15) is 34.7 Å². The van der Waals surface area contributed by atoms with E-state index in [9.17, 15) is 4.79 Å². The molecule has 1 atom stereocenters. The third kappa shape index (κ3) is 3.21. The highest BCUT2D eigenvalue weighted by Crippen LogP contribution is 2.12. The highest BCUT2D eigenvalue weighted by atomic mass is 16.1. The normalized spacial score (nSPS) is 12.3. The monoisotopic (exact) mass is 309 g/mol. The van der Waals surface area contributed by atoms with Gasteiger partial charge in [-0.25, -0.2) is 0 Å². The third-order valence-electron chi connectivity index (χ3n) is 3.75. The molecule has 0 aliphatic rings. The van der Waals surface area contributed by atoms with Crippen LogP contribution in [0.25, 0.3) is 11.0 Å². The van der Waals surface area contributed by atoms with E-state index >= 15 is 0 Å². The molecule has 0 aliphatic heterocycles. The number of hydrogen-bond acceptors (Lipinski definition) is 4. The molecule has 2 aromatic heterocycles. The van der Waals surface area contributed by atoms with Crippen LogP contribution in [0, 0.1) is 13.8 Å². The van der Waals surface area contributed by atoms with Gasteiger partial charge in [0.05, 0.1) is 22.8 Å². The Balaban J connectivity index is 1.69. The molecule has 0 unspecified atom stereocenters. The Kier molecular flexibility index (Phi) is 4.06. The van der Waals surface area contributed by atoms with Crippen molar-refractivity contribution in [2.75, 3.05) is 6.54 Å². The molecule has 118 valence electrons. The molecule has 6 heteroatoms. The summed E-state index contributed by atoms with van der Waals surface area (Å²) in [4.78, 5) is 20.8. The summed E-state index contributed by atoms with van der Waals surface area (Å²) < 4.78 is 1.93. The Hall–Kier alpha value is -2.76. The fourth-order valence-electron chi connectivity index (χ4n) is 2.63. The number of amides is 1. The Morgan fingerprint density at radius 3 is 2.61 bits per heavy atom. The van der Waals surface area contributed by atoms with Crippen molar-refractivity contribution in [2.45, 2.75) is 26.8 Å². The summed E-state index contributed by atoms with van der Waals surface area (Å²) in [7, 11) is 0. The first-order valence-corrected chi connectivity index (χ1v) is 7.56. The lowest BCUT2D eigenvalue weighted by Crippen LogP contribution is -2.30. The molecule has 3 rings (SSSR count).